The van der Waals surface area contributed by atoms with E-state index in [9.17, 15) is 4.79 Å². The number of carbonyl (C=O) groups is 1. The molecule has 0 saturated heterocycles. The van der Waals surface area contributed by atoms with Crippen molar-refractivity contribution < 1.29 is 9.53 Å². The summed E-state index contributed by atoms with van der Waals surface area (Å²) in [4.78, 5) is 11.8. The number of hydrogen-bond acceptors (Lipinski definition) is 2. The van der Waals surface area contributed by atoms with E-state index in [0.717, 1.165) is 24.2 Å². The minimum absolute atomic E-state index is 0.0156. The molecule has 0 radical (unpaired) electrons. The minimum Gasteiger partial charge on any atom is -0.493 e. The summed E-state index contributed by atoms with van der Waals surface area (Å²) in [5, 5.41) is 3.03. The molecule has 1 N–H and O–H groups in total. The normalized spacial score (nSPS) is 15.8. The third-order valence-corrected chi connectivity index (χ3v) is 3.33. The maximum Gasteiger partial charge on any atom is 0.244 e. The van der Waals surface area contributed by atoms with Gasteiger partial charge in [0.2, 0.25) is 5.91 Å². The molecule has 0 heterocycles. The Morgan fingerprint density at radius 2 is 2.11 bits per heavy atom. The molecule has 0 aliphatic heterocycles. The second-order valence-corrected chi connectivity index (χ2v) is 4.79. The van der Waals surface area contributed by atoms with Crippen LogP contribution in [0, 0.1) is 0 Å². The lowest BCUT2D eigenvalue weighted by molar-refractivity contribution is -0.117. The van der Waals surface area contributed by atoms with Gasteiger partial charge in [0.25, 0.3) is 0 Å². The van der Waals surface area contributed by atoms with Crippen molar-refractivity contribution in [2.75, 3.05) is 6.61 Å². The first-order valence-corrected chi connectivity index (χ1v) is 7.00. The highest BCUT2D eigenvalue weighted by Crippen LogP contribution is 2.20. The van der Waals surface area contributed by atoms with E-state index in [0.29, 0.717) is 12.6 Å². The molecule has 0 unspecified atom stereocenters. The van der Waals surface area contributed by atoms with Gasteiger partial charge in [-0.2, -0.15) is 0 Å². The first kappa shape index (κ1) is 13.7. The molecule has 0 aromatic heterocycles. The summed E-state index contributed by atoms with van der Waals surface area (Å²) >= 11 is 0. The zero-order chi connectivity index (χ0) is 13.5. The Hall–Kier alpha value is -1.77. The van der Waals surface area contributed by atoms with Gasteiger partial charge in [-0.25, -0.2) is 0 Å². The fourth-order valence-electron chi connectivity index (χ4n) is 2.39. The summed E-state index contributed by atoms with van der Waals surface area (Å²) in [6.07, 6.45) is 8.07. The topological polar surface area (TPSA) is 38.3 Å². The molecule has 1 aliphatic carbocycles. The molecule has 0 spiro atoms. The van der Waals surface area contributed by atoms with Crippen molar-refractivity contribution in [3.05, 3.63) is 35.9 Å². The fourth-order valence-corrected chi connectivity index (χ4v) is 2.39. The quantitative estimate of drug-likeness (QED) is 0.825. The van der Waals surface area contributed by atoms with Gasteiger partial charge >= 0.3 is 0 Å². The van der Waals surface area contributed by atoms with Gasteiger partial charge in [0, 0.05) is 17.7 Å². The summed E-state index contributed by atoms with van der Waals surface area (Å²) in [7, 11) is 0. The van der Waals surface area contributed by atoms with Crippen LogP contribution in [0.1, 0.15) is 38.2 Å². The number of nitrogens with one attached hydrogen (secondary N) is 1. The minimum atomic E-state index is -0.0156. The number of rotatable bonds is 5. The van der Waals surface area contributed by atoms with Gasteiger partial charge in [-0.15, -0.1) is 0 Å². The van der Waals surface area contributed by atoms with Gasteiger partial charge in [-0.3, -0.25) is 4.79 Å². The molecule has 2 rings (SSSR count). The molecule has 1 saturated carbocycles. The molecular formula is C16H21NO2. The average molecular weight is 259 g/mol. The lowest BCUT2D eigenvalue weighted by atomic mass is 10.2. The van der Waals surface area contributed by atoms with Crippen molar-refractivity contribution in [2.45, 2.75) is 38.6 Å². The van der Waals surface area contributed by atoms with Crippen LogP contribution in [-0.4, -0.2) is 18.6 Å². The molecule has 3 heteroatoms. The molecule has 3 nitrogen and oxygen atoms in total. The van der Waals surface area contributed by atoms with Crippen molar-refractivity contribution in [1.29, 1.82) is 0 Å². The lowest BCUT2D eigenvalue weighted by Gasteiger charge is -2.09. The van der Waals surface area contributed by atoms with Gasteiger partial charge < -0.3 is 10.1 Å². The number of amides is 1. The third-order valence-electron chi connectivity index (χ3n) is 3.33. The number of ether oxygens (including phenoxy) is 1. The van der Waals surface area contributed by atoms with Crippen molar-refractivity contribution in [3.63, 3.8) is 0 Å². The Morgan fingerprint density at radius 3 is 2.84 bits per heavy atom. The molecule has 19 heavy (non-hydrogen) atoms. The summed E-state index contributed by atoms with van der Waals surface area (Å²) in [6.45, 7) is 2.58. The largest absolute Gasteiger partial charge is 0.493 e. The Kier molecular flexibility index (Phi) is 5.01. The molecule has 1 aromatic rings. The summed E-state index contributed by atoms with van der Waals surface area (Å²) in [6, 6.07) is 8.10. The van der Waals surface area contributed by atoms with Crippen LogP contribution in [-0.2, 0) is 4.79 Å². The first-order chi connectivity index (χ1) is 9.29. The van der Waals surface area contributed by atoms with Gasteiger partial charge in [0.1, 0.15) is 5.75 Å². The second-order valence-electron chi connectivity index (χ2n) is 4.79. The van der Waals surface area contributed by atoms with Crippen LogP contribution in [0.4, 0.5) is 0 Å². The van der Waals surface area contributed by atoms with E-state index in [1.807, 2.05) is 37.3 Å². The van der Waals surface area contributed by atoms with Crippen LogP contribution in [0.5, 0.6) is 5.75 Å². The zero-order valence-corrected chi connectivity index (χ0v) is 11.4. The second kappa shape index (κ2) is 6.98. The van der Waals surface area contributed by atoms with Crippen LogP contribution in [0.2, 0.25) is 0 Å². The molecule has 1 amide bonds. The van der Waals surface area contributed by atoms with Crippen LogP contribution in [0.15, 0.2) is 30.3 Å². The highest BCUT2D eigenvalue weighted by Gasteiger charge is 2.15. The highest BCUT2D eigenvalue weighted by atomic mass is 16.5. The predicted molar refractivity (Wildman–Crippen MR) is 77.0 cm³/mol. The number of benzene rings is 1. The van der Waals surface area contributed by atoms with Crippen molar-refractivity contribution in [1.82, 2.24) is 5.32 Å². The maximum absolute atomic E-state index is 11.8. The van der Waals surface area contributed by atoms with Crippen LogP contribution in [0.25, 0.3) is 6.08 Å². The molecule has 102 valence electrons. The Balaban J connectivity index is 1.95. The number of hydrogen-bond donors (Lipinski definition) is 1. The van der Waals surface area contributed by atoms with Gasteiger partial charge in [0.05, 0.1) is 6.61 Å². The van der Waals surface area contributed by atoms with E-state index in [-0.39, 0.29) is 5.91 Å². The van der Waals surface area contributed by atoms with Crippen LogP contribution in [0.3, 0.4) is 0 Å². The predicted octanol–water partition coefficient (Wildman–Crippen LogP) is 3.16. The van der Waals surface area contributed by atoms with Gasteiger partial charge in [-0.05, 0) is 31.9 Å². The zero-order valence-electron chi connectivity index (χ0n) is 11.4. The Labute approximate surface area is 114 Å². The average Bonchev–Trinajstić information content (AvgIpc) is 2.91. The smallest absolute Gasteiger partial charge is 0.244 e. The molecule has 1 fully saturated rings. The fraction of sp³-hybridized carbons (Fsp3) is 0.438. The highest BCUT2D eigenvalue weighted by molar-refractivity contribution is 5.92. The summed E-state index contributed by atoms with van der Waals surface area (Å²) in [5.74, 6) is 0.799. The Morgan fingerprint density at radius 1 is 1.37 bits per heavy atom. The number of para-hydroxylation sites is 1. The first-order valence-electron chi connectivity index (χ1n) is 7.00. The maximum atomic E-state index is 11.8. The summed E-state index contributed by atoms with van der Waals surface area (Å²) in [5.41, 5.74) is 0.936. The standard InChI is InChI=1S/C16H21NO2/c1-2-19-15-10-6-3-7-13(15)11-12-16(18)17-14-8-4-5-9-14/h3,6-7,10-12,14H,2,4-5,8-9H2,1H3,(H,17,18)/b12-11+. The van der Waals surface area contributed by atoms with Gasteiger partial charge in [-0.1, -0.05) is 31.0 Å². The van der Waals surface area contributed by atoms with E-state index in [1.165, 1.54) is 12.8 Å². The van der Waals surface area contributed by atoms with Crippen molar-refractivity contribution in [2.24, 2.45) is 0 Å². The van der Waals surface area contributed by atoms with E-state index in [4.69, 9.17) is 4.74 Å². The van der Waals surface area contributed by atoms with E-state index in [2.05, 4.69) is 5.32 Å². The monoisotopic (exact) mass is 259 g/mol. The van der Waals surface area contributed by atoms with Gasteiger partial charge in [0.15, 0.2) is 0 Å². The lowest BCUT2D eigenvalue weighted by Crippen LogP contribution is -2.30. The van der Waals surface area contributed by atoms with Crippen molar-refractivity contribution >= 4 is 12.0 Å². The molecule has 1 aromatic carbocycles. The Bertz CT molecular complexity index is 448. The third kappa shape index (κ3) is 4.12. The van der Waals surface area contributed by atoms with Crippen molar-refractivity contribution in [3.8, 4) is 5.75 Å². The molecular weight excluding hydrogens is 238 g/mol. The molecule has 0 atom stereocenters. The van der Waals surface area contributed by atoms with E-state index < -0.39 is 0 Å². The van der Waals surface area contributed by atoms with Crippen LogP contribution < -0.4 is 10.1 Å². The molecule has 1 aliphatic rings. The SMILES string of the molecule is CCOc1ccccc1/C=C/C(=O)NC1CCCC1. The van der Waals surface area contributed by atoms with Crippen LogP contribution >= 0.6 is 0 Å². The van der Waals surface area contributed by atoms with E-state index in [1.54, 1.807) is 6.08 Å². The molecule has 0 bridgehead atoms. The van der Waals surface area contributed by atoms with E-state index >= 15 is 0 Å². The number of carbonyl (C=O) groups excluding carboxylic acids is 1. The summed E-state index contributed by atoms with van der Waals surface area (Å²) < 4.78 is 5.52.